The van der Waals surface area contributed by atoms with Gasteiger partial charge in [-0.2, -0.15) is 0 Å². The fourth-order valence-electron chi connectivity index (χ4n) is 0.859. The van der Waals surface area contributed by atoms with Crippen molar-refractivity contribution < 1.29 is 8.42 Å². The van der Waals surface area contributed by atoms with Gasteiger partial charge in [-0.25, -0.2) is 18.4 Å². The maximum atomic E-state index is 11.2. The van der Waals surface area contributed by atoms with Gasteiger partial charge in [0.1, 0.15) is 17.0 Å². The second-order valence-corrected chi connectivity index (χ2v) is 4.67. The molecule has 72 valence electrons. The fraction of sp³-hybridized carbons (Fsp3) is 0.333. The van der Waals surface area contributed by atoms with Crippen molar-refractivity contribution in [2.45, 2.75) is 4.90 Å². The summed E-state index contributed by atoms with van der Waals surface area (Å²) in [7, 11) is -1.83. The molecule has 0 saturated heterocycles. The highest BCUT2D eigenvalue weighted by molar-refractivity contribution is 7.91. The zero-order valence-corrected chi connectivity index (χ0v) is 8.65. The number of hydrogen-bond donors (Lipinski definition) is 1. The first-order chi connectivity index (χ1) is 5.96. The molecule has 0 atom stereocenters. The van der Waals surface area contributed by atoms with E-state index in [1.165, 1.54) is 6.33 Å². The lowest BCUT2D eigenvalue weighted by atomic mass is 10.6. The number of hydrogen-bond acceptors (Lipinski definition) is 5. The Morgan fingerprint density at radius 1 is 1.46 bits per heavy atom. The summed E-state index contributed by atoms with van der Waals surface area (Å²) in [5.74, 6) is 0.211. The van der Waals surface area contributed by atoms with Gasteiger partial charge in [0.05, 0.1) is 0 Å². The van der Waals surface area contributed by atoms with E-state index in [0.29, 0.717) is 0 Å². The molecule has 7 heteroatoms. The van der Waals surface area contributed by atoms with E-state index in [9.17, 15) is 8.42 Å². The van der Waals surface area contributed by atoms with E-state index in [2.05, 4.69) is 15.3 Å². The predicted octanol–water partition coefficient (Wildman–Crippen LogP) is 0.575. The Bertz CT molecular complexity index is 418. The summed E-state index contributed by atoms with van der Waals surface area (Å²) in [6.45, 7) is 0. The van der Waals surface area contributed by atoms with Crippen LogP contribution < -0.4 is 5.32 Å². The van der Waals surface area contributed by atoms with Crippen LogP contribution in [0.3, 0.4) is 0 Å². The molecular formula is C6H8ClN3O2S. The smallest absolute Gasteiger partial charge is 0.182 e. The van der Waals surface area contributed by atoms with E-state index < -0.39 is 9.84 Å². The molecule has 0 aliphatic rings. The van der Waals surface area contributed by atoms with Crippen molar-refractivity contribution in [2.24, 2.45) is 0 Å². The van der Waals surface area contributed by atoms with Crippen LogP contribution in [-0.2, 0) is 9.84 Å². The lowest BCUT2D eigenvalue weighted by molar-refractivity contribution is 0.601. The van der Waals surface area contributed by atoms with Crippen molar-refractivity contribution in [1.82, 2.24) is 9.97 Å². The Balaban J connectivity index is 3.50. The Morgan fingerprint density at radius 3 is 2.46 bits per heavy atom. The molecule has 0 fully saturated rings. The third-order valence-corrected chi connectivity index (χ3v) is 2.89. The highest BCUT2D eigenvalue weighted by atomic mass is 35.5. The topological polar surface area (TPSA) is 72.0 Å². The van der Waals surface area contributed by atoms with E-state index in [1.54, 1.807) is 7.05 Å². The number of rotatable bonds is 2. The molecule has 1 aromatic rings. The van der Waals surface area contributed by atoms with Gasteiger partial charge in [0.15, 0.2) is 15.0 Å². The van der Waals surface area contributed by atoms with Crippen molar-refractivity contribution >= 4 is 27.3 Å². The highest BCUT2D eigenvalue weighted by Gasteiger charge is 2.18. The molecule has 0 amide bonds. The van der Waals surface area contributed by atoms with Gasteiger partial charge >= 0.3 is 0 Å². The van der Waals surface area contributed by atoms with Crippen LogP contribution in [0.1, 0.15) is 0 Å². The van der Waals surface area contributed by atoms with Gasteiger partial charge in [0.25, 0.3) is 0 Å². The maximum Gasteiger partial charge on any atom is 0.182 e. The van der Waals surface area contributed by atoms with E-state index >= 15 is 0 Å². The number of aromatic nitrogens is 2. The van der Waals surface area contributed by atoms with Crippen LogP contribution in [0.4, 0.5) is 5.82 Å². The van der Waals surface area contributed by atoms with Gasteiger partial charge in [-0.1, -0.05) is 11.6 Å². The number of sulfone groups is 1. The molecular weight excluding hydrogens is 214 g/mol. The lowest BCUT2D eigenvalue weighted by Gasteiger charge is -2.05. The summed E-state index contributed by atoms with van der Waals surface area (Å²) in [6, 6.07) is 0. The zero-order chi connectivity index (χ0) is 10.1. The van der Waals surface area contributed by atoms with Gasteiger partial charge in [-0.15, -0.1) is 0 Å². The molecule has 0 aliphatic heterocycles. The van der Waals surface area contributed by atoms with E-state index in [0.717, 1.165) is 6.26 Å². The SMILES string of the molecule is CNc1ncnc(Cl)c1S(C)(=O)=O. The Hall–Kier alpha value is -0.880. The largest absolute Gasteiger partial charge is 0.372 e. The molecule has 0 aliphatic carbocycles. The lowest BCUT2D eigenvalue weighted by Crippen LogP contribution is -2.06. The van der Waals surface area contributed by atoms with Gasteiger partial charge < -0.3 is 5.32 Å². The van der Waals surface area contributed by atoms with Crippen molar-refractivity contribution in [1.29, 1.82) is 0 Å². The van der Waals surface area contributed by atoms with Crippen LogP contribution in [0.25, 0.3) is 0 Å². The Morgan fingerprint density at radius 2 is 2.08 bits per heavy atom. The first-order valence-corrected chi connectivity index (χ1v) is 5.62. The van der Waals surface area contributed by atoms with E-state index in [4.69, 9.17) is 11.6 Å². The number of nitrogens with one attached hydrogen (secondary N) is 1. The van der Waals surface area contributed by atoms with Crippen molar-refractivity contribution in [2.75, 3.05) is 18.6 Å². The quantitative estimate of drug-likeness (QED) is 0.740. The first-order valence-electron chi connectivity index (χ1n) is 3.35. The molecule has 1 N–H and O–H groups in total. The first kappa shape index (κ1) is 10.2. The molecule has 1 heterocycles. The molecule has 0 radical (unpaired) electrons. The normalized spacial score (nSPS) is 11.3. The second-order valence-electron chi connectivity index (χ2n) is 2.36. The molecule has 0 bridgehead atoms. The predicted molar refractivity (Wildman–Crippen MR) is 49.7 cm³/mol. The molecule has 13 heavy (non-hydrogen) atoms. The van der Waals surface area contributed by atoms with Crippen LogP contribution >= 0.6 is 11.6 Å². The number of nitrogens with zero attached hydrogens (tertiary/aromatic N) is 2. The number of anilines is 1. The molecule has 5 nitrogen and oxygen atoms in total. The minimum Gasteiger partial charge on any atom is -0.372 e. The Labute approximate surface area is 81.1 Å². The summed E-state index contributed by atoms with van der Waals surface area (Å²) in [5, 5.41) is 2.56. The van der Waals surface area contributed by atoms with Crippen molar-refractivity contribution in [3.63, 3.8) is 0 Å². The van der Waals surface area contributed by atoms with Crippen LogP contribution in [0.5, 0.6) is 0 Å². The standard InChI is InChI=1S/C6H8ClN3O2S/c1-8-6-4(13(2,11)12)5(7)9-3-10-6/h3H,1-2H3,(H,8,9,10). The minimum atomic E-state index is -3.40. The molecule has 1 aromatic heterocycles. The molecule has 0 saturated carbocycles. The molecule has 1 rings (SSSR count). The molecule has 0 spiro atoms. The van der Waals surface area contributed by atoms with Gasteiger partial charge in [0, 0.05) is 13.3 Å². The summed E-state index contributed by atoms with van der Waals surface area (Å²) in [5.41, 5.74) is 0. The third kappa shape index (κ3) is 2.07. The average Bonchev–Trinajstić information content (AvgIpc) is 2.01. The van der Waals surface area contributed by atoms with Gasteiger partial charge in [-0.05, 0) is 0 Å². The van der Waals surface area contributed by atoms with Gasteiger partial charge in [-0.3, -0.25) is 0 Å². The minimum absolute atomic E-state index is 0.0677. The number of halogens is 1. The van der Waals surface area contributed by atoms with Crippen molar-refractivity contribution in [3.8, 4) is 0 Å². The van der Waals surface area contributed by atoms with Gasteiger partial charge in [0.2, 0.25) is 0 Å². The monoisotopic (exact) mass is 221 g/mol. The summed E-state index contributed by atoms with van der Waals surface area (Å²) < 4.78 is 22.5. The maximum absolute atomic E-state index is 11.2. The average molecular weight is 222 g/mol. The van der Waals surface area contributed by atoms with Crippen LogP contribution in [-0.4, -0.2) is 31.7 Å². The van der Waals surface area contributed by atoms with E-state index in [-0.39, 0.29) is 15.9 Å². The Kier molecular flexibility index (Phi) is 2.72. The summed E-state index contributed by atoms with van der Waals surface area (Å²) in [4.78, 5) is 7.26. The molecule has 0 aromatic carbocycles. The summed E-state index contributed by atoms with van der Waals surface area (Å²) >= 11 is 5.62. The highest BCUT2D eigenvalue weighted by Crippen LogP contribution is 2.24. The fourth-order valence-corrected chi connectivity index (χ4v) is 2.28. The van der Waals surface area contributed by atoms with Crippen LogP contribution in [0.15, 0.2) is 11.2 Å². The third-order valence-electron chi connectivity index (χ3n) is 1.37. The van der Waals surface area contributed by atoms with Crippen LogP contribution in [0.2, 0.25) is 5.15 Å². The van der Waals surface area contributed by atoms with Crippen molar-refractivity contribution in [3.05, 3.63) is 11.5 Å². The zero-order valence-electron chi connectivity index (χ0n) is 7.07. The summed E-state index contributed by atoms with van der Waals surface area (Å²) in [6.07, 6.45) is 2.25. The van der Waals surface area contributed by atoms with Crippen LogP contribution in [0, 0.1) is 0 Å². The van der Waals surface area contributed by atoms with E-state index in [1.807, 2.05) is 0 Å². The second kappa shape index (κ2) is 3.47. The molecule has 0 unspecified atom stereocenters.